The molecule has 2 aromatic rings. The Kier molecular flexibility index (Phi) is 4.49. The third-order valence-corrected chi connectivity index (χ3v) is 5.56. The van der Waals surface area contributed by atoms with Crippen molar-refractivity contribution < 1.29 is 19.1 Å². The largest absolute Gasteiger partial charge is 0.497 e. The van der Waals surface area contributed by atoms with E-state index >= 15 is 0 Å². The first-order valence-electron chi connectivity index (χ1n) is 8.26. The van der Waals surface area contributed by atoms with E-state index in [2.05, 4.69) is 10.4 Å². The number of rotatable bonds is 4. The van der Waals surface area contributed by atoms with Crippen LogP contribution < -0.4 is 14.8 Å². The van der Waals surface area contributed by atoms with Gasteiger partial charge in [-0.2, -0.15) is 5.10 Å². The molecule has 1 N–H and O–H groups in total. The quantitative estimate of drug-likeness (QED) is 0.878. The number of nitrogens with zero attached hydrogens (tertiary/aromatic N) is 2. The molecule has 8 heteroatoms. The molecule has 0 aromatic heterocycles. The summed E-state index contributed by atoms with van der Waals surface area (Å²) in [7, 11) is 3.15. The van der Waals surface area contributed by atoms with Crippen molar-refractivity contribution in [3.63, 3.8) is 0 Å². The molecule has 1 fully saturated rings. The summed E-state index contributed by atoms with van der Waals surface area (Å²) in [5, 5.41) is 8.21. The lowest BCUT2D eigenvalue weighted by Gasteiger charge is -2.20. The van der Waals surface area contributed by atoms with Crippen LogP contribution in [0.25, 0.3) is 0 Å². The number of hydrogen-bond donors (Lipinski definition) is 1. The molecule has 1 atom stereocenters. The highest BCUT2D eigenvalue weighted by Gasteiger charge is 2.36. The number of para-hydroxylation sites is 1. The molecule has 2 heterocycles. The first kappa shape index (κ1) is 17.4. The van der Waals surface area contributed by atoms with Crippen molar-refractivity contribution in [2.45, 2.75) is 5.37 Å². The summed E-state index contributed by atoms with van der Waals surface area (Å²) < 4.78 is 10.6. The zero-order valence-electron chi connectivity index (χ0n) is 14.8. The topological polar surface area (TPSA) is 80.2 Å². The first-order valence-corrected chi connectivity index (χ1v) is 9.31. The molecule has 2 amide bonds. The third-order valence-electron chi connectivity index (χ3n) is 4.35. The number of hydrazone groups is 1. The van der Waals surface area contributed by atoms with Crippen LogP contribution in [0.4, 0.5) is 5.69 Å². The Morgan fingerprint density at radius 3 is 2.52 bits per heavy atom. The van der Waals surface area contributed by atoms with Crippen LogP contribution in [0.1, 0.15) is 16.5 Å². The van der Waals surface area contributed by atoms with Crippen LogP contribution in [0.3, 0.4) is 0 Å². The van der Waals surface area contributed by atoms with E-state index in [1.807, 2.05) is 30.3 Å². The number of hydrogen-bond acceptors (Lipinski definition) is 6. The Hall–Kier alpha value is -3.00. The van der Waals surface area contributed by atoms with Crippen molar-refractivity contribution in [1.82, 2.24) is 5.01 Å². The first-order chi connectivity index (χ1) is 13.1. The Morgan fingerprint density at radius 1 is 1.11 bits per heavy atom. The van der Waals surface area contributed by atoms with Gasteiger partial charge in [0.1, 0.15) is 16.9 Å². The second-order valence-electron chi connectivity index (χ2n) is 6.00. The minimum Gasteiger partial charge on any atom is -0.497 e. The number of fused-ring (bicyclic) bond motifs is 1. The molecule has 27 heavy (non-hydrogen) atoms. The molecule has 1 unspecified atom stereocenters. The van der Waals surface area contributed by atoms with Gasteiger partial charge in [-0.1, -0.05) is 18.2 Å². The molecule has 0 aliphatic carbocycles. The number of benzene rings is 2. The average Bonchev–Trinajstić information content (AvgIpc) is 3.21. The van der Waals surface area contributed by atoms with Crippen LogP contribution in [0.2, 0.25) is 0 Å². The highest BCUT2D eigenvalue weighted by molar-refractivity contribution is 8.00. The second-order valence-corrected chi connectivity index (χ2v) is 7.06. The zero-order valence-corrected chi connectivity index (χ0v) is 15.6. The van der Waals surface area contributed by atoms with Gasteiger partial charge >= 0.3 is 0 Å². The molecule has 0 radical (unpaired) electrons. The van der Waals surface area contributed by atoms with Gasteiger partial charge in [-0.3, -0.25) is 9.59 Å². The molecule has 1 saturated heterocycles. The number of nitrogens with one attached hydrogen (secondary N) is 1. The highest BCUT2D eigenvalue weighted by Crippen LogP contribution is 2.42. The van der Waals surface area contributed by atoms with E-state index in [1.165, 1.54) is 16.8 Å². The van der Waals surface area contributed by atoms with Crippen molar-refractivity contribution in [3.05, 3.63) is 53.6 Å². The van der Waals surface area contributed by atoms with E-state index < -0.39 is 0 Å². The maximum atomic E-state index is 12.5. The van der Waals surface area contributed by atoms with E-state index in [0.29, 0.717) is 22.7 Å². The molecule has 2 aliphatic rings. The molecule has 0 bridgehead atoms. The molecular formula is C19H17N3O4S. The smallest absolute Gasteiger partial charge is 0.276 e. The Bertz CT molecular complexity index is 937. The zero-order chi connectivity index (χ0) is 19.0. The lowest BCUT2D eigenvalue weighted by Crippen LogP contribution is -2.27. The van der Waals surface area contributed by atoms with Crippen molar-refractivity contribution >= 4 is 35.0 Å². The van der Waals surface area contributed by atoms with Crippen LogP contribution in [-0.4, -0.2) is 42.5 Å². The summed E-state index contributed by atoms with van der Waals surface area (Å²) >= 11 is 1.44. The van der Waals surface area contributed by atoms with Gasteiger partial charge in [0.05, 0.1) is 25.7 Å². The van der Waals surface area contributed by atoms with Crippen LogP contribution in [0.15, 0.2) is 47.6 Å². The third kappa shape index (κ3) is 3.12. The van der Waals surface area contributed by atoms with Gasteiger partial charge in [0.25, 0.3) is 11.8 Å². The van der Waals surface area contributed by atoms with Crippen LogP contribution in [-0.2, 0) is 9.59 Å². The number of thioether (sulfide) groups is 1. The fraction of sp³-hybridized carbons (Fsp3) is 0.211. The van der Waals surface area contributed by atoms with Gasteiger partial charge in [0, 0.05) is 11.6 Å². The molecule has 138 valence electrons. The van der Waals surface area contributed by atoms with E-state index in [0.717, 1.165) is 5.56 Å². The summed E-state index contributed by atoms with van der Waals surface area (Å²) in [4.78, 5) is 24.8. The number of ether oxygens (including phenoxy) is 2. The fourth-order valence-electron chi connectivity index (χ4n) is 3.04. The Labute approximate surface area is 160 Å². The summed E-state index contributed by atoms with van der Waals surface area (Å²) in [6.45, 7) is 0. The molecule has 0 spiro atoms. The minimum absolute atomic E-state index is 0.156. The van der Waals surface area contributed by atoms with Crippen LogP contribution in [0.5, 0.6) is 11.5 Å². The minimum atomic E-state index is -0.366. The standard InChI is InChI=1S/C19H17N3O4S/c1-25-12-7-11(8-13(9-12)26-2)19-22(16(23)10-27-19)21-17-14-5-3-4-6-15(14)20-18(17)24/h3-9,19H,10H2,1-2H3,(H,20,21,24). The maximum Gasteiger partial charge on any atom is 0.276 e. The summed E-state index contributed by atoms with van der Waals surface area (Å²) in [5.41, 5.74) is 2.44. The van der Waals surface area contributed by atoms with E-state index in [-0.39, 0.29) is 28.7 Å². The predicted octanol–water partition coefficient (Wildman–Crippen LogP) is 2.63. The van der Waals surface area contributed by atoms with E-state index in [9.17, 15) is 9.59 Å². The highest BCUT2D eigenvalue weighted by atomic mass is 32.2. The van der Waals surface area contributed by atoms with Crippen LogP contribution in [0, 0.1) is 0 Å². The predicted molar refractivity (Wildman–Crippen MR) is 103 cm³/mol. The van der Waals surface area contributed by atoms with Gasteiger partial charge in [-0.05, 0) is 23.8 Å². The Morgan fingerprint density at radius 2 is 1.81 bits per heavy atom. The number of amides is 2. The summed E-state index contributed by atoms with van der Waals surface area (Å²) in [5.74, 6) is 1.06. The average molecular weight is 383 g/mol. The Balaban J connectivity index is 1.74. The van der Waals surface area contributed by atoms with Gasteiger partial charge in [0.15, 0.2) is 5.71 Å². The molecule has 4 rings (SSSR count). The number of anilines is 1. The maximum absolute atomic E-state index is 12.5. The van der Waals surface area contributed by atoms with Gasteiger partial charge in [-0.25, -0.2) is 5.01 Å². The second kappa shape index (κ2) is 6.96. The molecule has 2 aliphatic heterocycles. The number of methoxy groups -OCH3 is 2. The molecule has 7 nitrogen and oxygen atoms in total. The van der Waals surface area contributed by atoms with Gasteiger partial charge in [-0.15, -0.1) is 11.8 Å². The van der Waals surface area contributed by atoms with Crippen molar-refractivity contribution in [3.8, 4) is 11.5 Å². The van der Waals surface area contributed by atoms with E-state index in [4.69, 9.17) is 9.47 Å². The molecule has 0 saturated carbocycles. The van der Waals surface area contributed by atoms with E-state index in [1.54, 1.807) is 26.4 Å². The monoisotopic (exact) mass is 383 g/mol. The van der Waals surface area contributed by atoms with Gasteiger partial charge in [0.2, 0.25) is 0 Å². The number of carbonyl (C=O) groups excluding carboxylic acids is 2. The normalized spacial score (nSPS) is 20.0. The molecular weight excluding hydrogens is 366 g/mol. The van der Waals surface area contributed by atoms with Crippen molar-refractivity contribution in [2.24, 2.45) is 5.10 Å². The fourth-order valence-corrected chi connectivity index (χ4v) is 4.11. The summed E-state index contributed by atoms with van der Waals surface area (Å²) in [6, 6.07) is 12.7. The number of carbonyl (C=O) groups is 2. The van der Waals surface area contributed by atoms with Gasteiger partial charge < -0.3 is 14.8 Å². The molecule has 2 aromatic carbocycles. The SMILES string of the molecule is COc1cc(OC)cc(C2SCC(=O)N2/N=C2/C(=O)Nc3ccccc32)c1. The van der Waals surface area contributed by atoms with Crippen molar-refractivity contribution in [1.29, 1.82) is 0 Å². The lowest BCUT2D eigenvalue weighted by atomic mass is 10.1. The van der Waals surface area contributed by atoms with Crippen molar-refractivity contribution in [2.75, 3.05) is 25.3 Å². The van der Waals surface area contributed by atoms with Crippen LogP contribution >= 0.6 is 11.8 Å². The summed E-state index contributed by atoms with van der Waals surface area (Å²) in [6.07, 6.45) is 0. The lowest BCUT2D eigenvalue weighted by molar-refractivity contribution is -0.128.